The Balaban J connectivity index is 1.73. The van der Waals surface area contributed by atoms with Crippen molar-refractivity contribution < 1.29 is 28.6 Å². The van der Waals surface area contributed by atoms with Crippen LogP contribution in [-0.2, 0) is 14.3 Å². The van der Waals surface area contributed by atoms with Crippen molar-refractivity contribution in [3.8, 4) is 5.75 Å². The maximum atomic E-state index is 14.9. The first-order valence-electron chi connectivity index (χ1n) is 11.6. The lowest BCUT2D eigenvalue weighted by molar-refractivity contribution is -0.140. The fraction of sp³-hybridized carbons (Fsp3) is 0.333. The van der Waals surface area contributed by atoms with E-state index < -0.39 is 23.5 Å². The van der Waals surface area contributed by atoms with Crippen molar-refractivity contribution in [2.75, 3.05) is 46.0 Å². The van der Waals surface area contributed by atoms with E-state index in [1.807, 2.05) is 6.92 Å². The minimum Gasteiger partial charge on any atom is -0.507 e. The van der Waals surface area contributed by atoms with Crippen LogP contribution in [0.25, 0.3) is 5.76 Å². The van der Waals surface area contributed by atoms with E-state index in [1.54, 1.807) is 42.5 Å². The SMILES string of the molecule is C=CCOc1ccc(C(O)=C2C(=O)C(=O)N(CCN3CCOCC3)[C@@H]2c2ccccc2F)cc1C. The summed E-state index contributed by atoms with van der Waals surface area (Å²) in [6.07, 6.45) is 1.63. The Labute approximate surface area is 204 Å². The summed E-state index contributed by atoms with van der Waals surface area (Å²) < 4.78 is 25.9. The molecule has 2 aromatic carbocycles. The second-order valence-electron chi connectivity index (χ2n) is 8.55. The van der Waals surface area contributed by atoms with Gasteiger partial charge in [0.1, 0.15) is 23.9 Å². The molecule has 0 bridgehead atoms. The van der Waals surface area contributed by atoms with Crippen LogP contribution in [0.2, 0.25) is 0 Å². The lowest BCUT2D eigenvalue weighted by Gasteiger charge is -2.31. The van der Waals surface area contributed by atoms with Crippen molar-refractivity contribution in [1.29, 1.82) is 0 Å². The number of benzene rings is 2. The van der Waals surface area contributed by atoms with Gasteiger partial charge in [-0.05, 0) is 36.8 Å². The molecular weight excluding hydrogens is 451 g/mol. The summed E-state index contributed by atoms with van der Waals surface area (Å²) in [6, 6.07) is 9.95. The van der Waals surface area contributed by atoms with E-state index in [1.165, 1.54) is 11.0 Å². The number of likely N-dealkylation sites (tertiary alicyclic amines) is 1. The van der Waals surface area contributed by atoms with Crippen LogP contribution in [0.5, 0.6) is 5.75 Å². The van der Waals surface area contributed by atoms with Gasteiger partial charge in [0.05, 0.1) is 24.8 Å². The number of aliphatic hydroxyl groups excluding tert-OH is 1. The van der Waals surface area contributed by atoms with Crippen LogP contribution in [-0.4, -0.2) is 72.6 Å². The van der Waals surface area contributed by atoms with Gasteiger partial charge in [-0.25, -0.2) is 4.39 Å². The van der Waals surface area contributed by atoms with E-state index in [0.29, 0.717) is 50.8 Å². The molecule has 2 saturated heterocycles. The third kappa shape index (κ3) is 5.13. The number of aryl methyl sites for hydroxylation is 1. The first-order chi connectivity index (χ1) is 16.9. The molecule has 184 valence electrons. The largest absolute Gasteiger partial charge is 0.507 e. The molecule has 1 N–H and O–H groups in total. The highest BCUT2D eigenvalue weighted by Crippen LogP contribution is 2.40. The van der Waals surface area contributed by atoms with Crippen molar-refractivity contribution in [3.63, 3.8) is 0 Å². The van der Waals surface area contributed by atoms with Crippen molar-refractivity contribution in [3.05, 3.63) is 83.2 Å². The first-order valence-corrected chi connectivity index (χ1v) is 11.6. The maximum Gasteiger partial charge on any atom is 0.295 e. The number of morpholine rings is 1. The molecule has 0 aliphatic carbocycles. The molecule has 4 rings (SSSR count). The predicted octanol–water partition coefficient (Wildman–Crippen LogP) is 3.45. The van der Waals surface area contributed by atoms with Crippen LogP contribution < -0.4 is 4.74 Å². The van der Waals surface area contributed by atoms with Gasteiger partial charge in [0, 0.05) is 37.3 Å². The molecule has 1 atom stereocenters. The van der Waals surface area contributed by atoms with Gasteiger partial charge in [-0.3, -0.25) is 14.5 Å². The number of hydrogen-bond donors (Lipinski definition) is 1. The standard InChI is InChI=1S/C27H29FN2O5/c1-3-14-35-22-9-8-19(17-18(22)2)25(31)23-24(20-6-4-5-7-21(20)28)30(27(33)26(23)32)11-10-29-12-15-34-16-13-29/h3-9,17,24,31H,1,10-16H2,2H3/t24-/m1/s1. The lowest BCUT2D eigenvalue weighted by Crippen LogP contribution is -2.42. The second kappa shape index (κ2) is 10.8. The highest BCUT2D eigenvalue weighted by atomic mass is 19.1. The number of ether oxygens (including phenoxy) is 2. The monoisotopic (exact) mass is 480 g/mol. The van der Waals surface area contributed by atoms with Crippen molar-refractivity contribution >= 4 is 17.4 Å². The quantitative estimate of drug-likeness (QED) is 0.270. The van der Waals surface area contributed by atoms with Gasteiger partial charge in [-0.15, -0.1) is 0 Å². The lowest BCUT2D eigenvalue weighted by atomic mass is 9.94. The van der Waals surface area contributed by atoms with Gasteiger partial charge < -0.3 is 19.5 Å². The highest BCUT2D eigenvalue weighted by molar-refractivity contribution is 6.46. The summed E-state index contributed by atoms with van der Waals surface area (Å²) in [5, 5.41) is 11.2. The first kappa shape index (κ1) is 24.6. The number of carbonyl (C=O) groups is 2. The van der Waals surface area contributed by atoms with E-state index in [-0.39, 0.29) is 23.4 Å². The Morgan fingerprint density at radius 2 is 1.94 bits per heavy atom. The molecule has 8 heteroatoms. The van der Waals surface area contributed by atoms with Gasteiger partial charge in [-0.2, -0.15) is 0 Å². The van der Waals surface area contributed by atoms with Crippen LogP contribution >= 0.6 is 0 Å². The molecule has 2 aliphatic heterocycles. The number of halogens is 1. The average Bonchev–Trinajstić information content (AvgIpc) is 3.12. The van der Waals surface area contributed by atoms with Gasteiger partial charge in [0.2, 0.25) is 0 Å². The third-order valence-corrected chi connectivity index (χ3v) is 6.31. The molecule has 1 amide bonds. The molecule has 0 spiro atoms. The van der Waals surface area contributed by atoms with E-state index in [2.05, 4.69) is 11.5 Å². The fourth-order valence-electron chi connectivity index (χ4n) is 4.47. The summed E-state index contributed by atoms with van der Waals surface area (Å²) >= 11 is 0. The molecule has 0 radical (unpaired) electrons. The van der Waals surface area contributed by atoms with E-state index in [0.717, 1.165) is 5.56 Å². The number of aliphatic hydroxyl groups is 1. The van der Waals surface area contributed by atoms with Crippen LogP contribution in [0.1, 0.15) is 22.7 Å². The fourth-order valence-corrected chi connectivity index (χ4v) is 4.47. The normalized spacial score (nSPS) is 20.3. The number of ketones is 1. The summed E-state index contributed by atoms with van der Waals surface area (Å²) in [6.45, 7) is 9.12. The van der Waals surface area contributed by atoms with Crippen LogP contribution in [0.4, 0.5) is 4.39 Å². The van der Waals surface area contributed by atoms with Gasteiger partial charge >= 0.3 is 0 Å². The zero-order chi connectivity index (χ0) is 24.9. The Hall–Kier alpha value is -3.49. The number of amides is 1. The Morgan fingerprint density at radius 3 is 2.63 bits per heavy atom. The number of carbonyl (C=O) groups excluding carboxylic acids is 2. The van der Waals surface area contributed by atoms with Crippen LogP contribution in [0.3, 0.4) is 0 Å². The van der Waals surface area contributed by atoms with Gasteiger partial charge in [0.25, 0.3) is 11.7 Å². The molecule has 0 saturated carbocycles. The summed E-state index contributed by atoms with van der Waals surface area (Å²) in [5.41, 5.74) is 1.12. The van der Waals surface area contributed by atoms with Crippen molar-refractivity contribution in [2.24, 2.45) is 0 Å². The molecule has 0 unspecified atom stereocenters. The zero-order valence-corrected chi connectivity index (χ0v) is 19.7. The van der Waals surface area contributed by atoms with Crippen LogP contribution in [0, 0.1) is 12.7 Å². The van der Waals surface area contributed by atoms with Gasteiger partial charge in [0.15, 0.2) is 0 Å². The molecular formula is C27H29FN2O5. The number of nitrogens with zero attached hydrogens (tertiary/aromatic N) is 2. The van der Waals surface area contributed by atoms with Crippen molar-refractivity contribution in [1.82, 2.24) is 9.80 Å². The molecule has 2 aromatic rings. The molecule has 0 aromatic heterocycles. The Bertz CT molecular complexity index is 1160. The smallest absolute Gasteiger partial charge is 0.295 e. The molecule has 2 fully saturated rings. The molecule has 35 heavy (non-hydrogen) atoms. The number of Topliss-reactive ketones (excluding diaryl/α,β-unsaturated/α-hetero) is 1. The van der Waals surface area contributed by atoms with E-state index in [4.69, 9.17) is 9.47 Å². The Morgan fingerprint density at radius 1 is 1.20 bits per heavy atom. The molecule has 7 nitrogen and oxygen atoms in total. The van der Waals surface area contributed by atoms with Crippen LogP contribution in [0.15, 0.2) is 60.7 Å². The number of rotatable bonds is 8. The molecule has 2 aliphatic rings. The topological polar surface area (TPSA) is 79.3 Å². The minimum absolute atomic E-state index is 0.124. The van der Waals surface area contributed by atoms with E-state index in [9.17, 15) is 19.1 Å². The minimum atomic E-state index is -1.03. The predicted molar refractivity (Wildman–Crippen MR) is 130 cm³/mol. The average molecular weight is 481 g/mol. The maximum absolute atomic E-state index is 14.9. The summed E-state index contributed by atoms with van der Waals surface area (Å²) in [7, 11) is 0. The zero-order valence-electron chi connectivity index (χ0n) is 19.7. The third-order valence-electron chi connectivity index (χ3n) is 6.31. The van der Waals surface area contributed by atoms with E-state index >= 15 is 0 Å². The van der Waals surface area contributed by atoms with Gasteiger partial charge in [-0.1, -0.05) is 30.9 Å². The highest BCUT2D eigenvalue weighted by Gasteiger charge is 2.46. The van der Waals surface area contributed by atoms with Crippen molar-refractivity contribution in [2.45, 2.75) is 13.0 Å². The summed E-state index contributed by atoms with van der Waals surface area (Å²) in [4.78, 5) is 29.8. The second-order valence-corrected chi connectivity index (χ2v) is 8.55. The summed E-state index contributed by atoms with van der Waals surface area (Å²) in [5.74, 6) is -1.87. The molecule has 2 heterocycles. The number of hydrogen-bond acceptors (Lipinski definition) is 6. The Kier molecular flexibility index (Phi) is 7.63.